The van der Waals surface area contributed by atoms with Gasteiger partial charge in [-0.1, -0.05) is 24.3 Å². The van der Waals surface area contributed by atoms with Crippen LogP contribution in [-0.4, -0.2) is 29.9 Å². The normalized spacial score (nSPS) is 26.8. The van der Waals surface area contributed by atoms with Crippen molar-refractivity contribution in [1.29, 1.82) is 0 Å². The quantitative estimate of drug-likeness (QED) is 0.851. The molecule has 3 nitrogen and oxygen atoms in total. The number of piperidine rings is 1. The Balaban J connectivity index is 1.75. The van der Waals surface area contributed by atoms with Crippen LogP contribution in [-0.2, 0) is 17.8 Å². The van der Waals surface area contributed by atoms with Gasteiger partial charge in [-0.25, -0.2) is 0 Å². The summed E-state index contributed by atoms with van der Waals surface area (Å²) in [6.07, 6.45) is 4.33. The summed E-state index contributed by atoms with van der Waals surface area (Å²) in [6, 6.07) is 8.87. The molecule has 0 bridgehead atoms. The lowest BCUT2D eigenvalue weighted by Gasteiger charge is -2.33. The van der Waals surface area contributed by atoms with E-state index in [0.717, 1.165) is 45.3 Å². The summed E-state index contributed by atoms with van der Waals surface area (Å²) in [6.45, 7) is 4.89. The van der Waals surface area contributed by atoms with Gasteiger partial charge in [0.1, 0.15) is 0 Å². The number of fused-ring (bicyclic) bond motifs is 1. The lowest BCUT2D eigenvalue weighted by molar-refractivity contribution is -0.137. The Morgan fingerprint density at radius 1 is 1.25 bits per heavy atom. The molecule has 0 aromatic heterocycles. The third kappa shape index (κ3) is 2.73. The minimum atomic E-state index is 0.161. The zero-order valence-electron chi connectivity index (χ0n) is 12.3. The number of hydrogen-bond acceptors (Lipinski definition) is 2. The Labute approximate surface area is 121 Å². The molecule has 3 heteroatoms. The smallest absolute Gasteiger partial charge is 0.227 e. The molecule has 2 unspecified atom stereocenters. The summed E-state index contributed by atoms with van der Waals surface area (Å²) in [7, 11) is 0. The van der Waals surface area contributed by atoms with Crippen LogP contribution in [0.4, 0.5) is 0 Å². The topological polar surface area (TPSA) is 32.3 Å². The number of nitrogens with one attached hydrogen (secondary N) is 1. The average Bonchev–Trinajstić information content (AvgIpc) is 2.69. The summed E-state index contributed by atoms with van der Waals surface area (Å²) >= 11 is 0. The van der Waals surface area contributed by atoms with Gasteiger partial charge >= 0.3 is 0 Å². The standard InChI is InChI=1S/C17H24N2O/c1-13-16(9-4-10-18-13)17(20)19-11-5-8-14-6-2-3-7-15(14)12-19/h2-3,6-7,13,16,18H,4-5,8-12H2,1H3. The van der Waals surface area contributed by atoms with E-state index >= 15 is 0 Å². The van der Waals surface area contributed by atoms with Crippen LogP contribution in [0.2, 0.25) is 0 Å². The average molecular weight is 272 g/mol. The van der Waals surface area contributed by atoms with E-state index in [2.05, 4.69) is 41.4 Å². The molecule has 0 spiro atoms. The minimum Gasteiger partial charge on any atom is -0.338 e. The van der Waals surface area contributed by atoms with E-state index in [1.807, 2.05) is 0 Å². The first-order valence-corrected chi connectivity index (χ1v) is 7.84. The molecule has 20 heavy (non-hydrogen) atoms. The van der Waals surface area contributed by atoms with Crippen LogP contribution in [0.3, 0.4) is 0 Å². The van der Waals surface area contributed by atoms with Crippen LogP contribution in [0.15, 0.2) is 24.3 Å². The van der Waals surface area contributed by atoms with E-state index in [4.69, 9.17) is 0 Å². The SMILES string of the molecule is CC1NCCCC1C(=O)N1CCCc2ccccc2C1. The molecular weight excluding hydrogens is 248 g/mol. The number of amides is 1. The van der Waals surface area contributed by atoms with Crippen molar-refractivity contribution in [2.45, 2.75) is 45.2 Å². The first-order valence-electron chi connectivity index (χ1n) is 7.84. The molecule has 1 aromatic carbocycles. The highest BCUT2D eigenvalue weighted by Gasteiger charge is 2.31. The lowest BCUT2D eigenvalue weighted by Crippen LogP contribution is -2.48. The van der Waals surface area contributed by atoms with Gasteiger partial charge in [0.05, 0.1) is 5.92 Å². The molecular formula is C17H24N2O. The number of hydrogen-bond donors (Lipinski definition) is 1. The van der Waals surface area contributed by atoms with E-state index in [-0.39, 0.29) is 5.92 Å². The minimum absolute atomic E-state index is 0.161. The maximum absolute atomic E-state index is 12.8. The van der Waals surface area contributed by atoms with Gasteiger partial charge in [0.2, 0.25) is 5.91 Å². The van der Waals surface area contributed by atoms with Gasteiger partial charge in [-0.15, -0.1) is 0 Å². The van der Waals surface area contributed by atoms with Crippen LogP contribution in [0.25, 0.3) is 0 Å². The molecule has 0 radical (unpaired) electrons. The van der Waals surface area contributed by atoms with Crippen molar-refractivity contribution in [2.75, 3.05) is 13.1 Å². The number of carbonyl (C=O) groups excluding carboxylic acids is 1. The molecule has 1 amide bonds. The van der Waals surface area contributed by atoms with Gasteiger partial charge in [-0.05, 0) is 50.3 Å². The van der Waals surface area contributed by atoms with E-state index in [9.17, 15) is 4.79 Å². The Morgan fingerprint density at radius 3 is 2.85 bits per heavy atom. The highest BCUT2D eigenvalue weighted by atomic mass is 16.2. The maximum atomic E-state index is 12.8. The number of nitrogens with zero attached hydrogens (tertiary/aromatic N) is 1. The monoisotopic (exact) mass is 272 g/mol. The first-order chi connectivity index (χ1) is 9.75. The van der Waals surface area contributed by atoms with E-state index in [1.54, 1.807) is 0 Å². The molecule has 2 heterocycles. The molecule has 1 fully saturated rings. The fraction of sp³-hybridized carbons (Fsp3) is 0.588. The van der Waals surface area contributed by atoms with Gasteiger partial charge < -0.3 is 10.2 Å². The molecule has 1 aromatic rings. The fourth-order valence-corrected chi connectivity index (χ4v) is 3.50. The van der Waals surface area contributed by atoms with Crippen LogP contribution in [0.5, 0.6) is 0 Å². The van der Waals surface area contributed by atoms with Crippen molar-refractivity contribution in [3.63, 3.8) is 0 Å². The van der Waals surface area contributed by atoms with Gasteiger partial charge in [-0.2, -0.15) is 0 Å². The number of rotatable bonds is 1. The predicted octanol–water partition coefficient (Wildman–Crippen LogP) is 2.35. The molecule has 1 saturated heterocycles. The van der Waals surface area contributed by atoms with Gasteiger partial charge in [0.15, 0.2) is 0 Å². The lowest BCUT2D eigenvalue weighted by atomic mass is 9.90. The third-order valence-electron chi connectivity index (χ3n) is 4.74. The van der Waals surface area contributed by atoms with Crippen molar-refractivity contribution < 1.29 is 4.79 Å². The Bertz CT molecular complexity index is 486. The summed E-state index contributed by atoms with van der Waals surface area (Å²) in [5, 5.41) is 3.44. The molecule has 108 valence electrons. The maximum Gasteiger partial charge on any atom is 0.227 e. The summed E-state index contributed by atoms with van der Waals surface area (Å²) < 4.78 is 0. The zero-order chi connectivity index (χ0) is 13.9. The highest BCUT2D eigenvalue weighted by molar-refractivity contribution is 5.79. The van der Waals surface area contributed by atoms with Gasteiger partial charge in [0.25, 0.3) is 0 Å². The predicted molar refractivity (Wildman–Crippen MR) is 80.4 cm³/mol. The second-order valence-electron chi connectivity index (χ2n) is 6.12. The molecule has 0 saturated carbocycles. The van der Waals surface area contributed by atoms with Crippen LogP contribution in [0, 0.1) is 5.92 Å². The van der Waals surface area contributed by atoms with Gasteiger partial charge in [-0.3, -0.25) is 4.79 Å². The first kappa shape index (κ1) is 13.6. The highest BCUT2D eigenvalue weighted by Crippen LogP contribution is 2.24. The Morgan fingerprint density at radius 2 is 2.05 bits per heavy atom. The van der Waals surface area contributed by atoms with E-state index in [0.29, 0.717) is 11.9 Å². The number of carbonyl (C=O) groups is 1. The zero-order valence-corrected chi connectivity index (χ0v) is 12.3. The summed E-state index contributed by atoms with van der Waals surface area (Å²) in [4.78, 5) is 14.9. The number of benzene rings is 1. The van der Waals surface area contributed by atoms with Crippen LogP contribution < -0.4 is 5.32 Å². The van der Waals surface area contributed by atoms with E-state index < -0.39 is 0 Å². The second-order valence-corrected chi connectivity index (χ2v) is 6.12. The third-order valence-corrected chi connectivity index (χ3v) is 4.74. The molecule has 2 atom stereocenters. The van der Waals surface area contributed by atoms with Crippen molar-refractivity contribution in [3.05, 3.63) is 35.4 Å². The molecule has 2 aliphatic rings. The Hall–Kier alpha value is -1.35. The molecule has 1 N–H and O–H groups in total. The van der Waals surface area contributed by atoms with Crippen molar-refractivity contribution >= 4 is 5.91 Å². The Kier molecular flexibility index (Phi) is 4.06. The van der Waals surface area contributed by atoms with Crippen LogP contribution >= 0.6 is 0 Å². The summed E-state index contributed by atoms with van der Waals surface area (Å²) in [5.74, 6) is 0.510. The number of aryl methyl sites for hydroxylation is 1. The van der Waals surface area contributed by atoms with Crippen molar-refractivity contribution in [2.24, 2.45) is 5.92 Å². The van der Waals surface area contributed by atoms with Crippen LogP contribution in [0.1, 0.15) is 37.3 Å². The summed E-state index contributed by atoms with van der Waals surface area (Å²) in [5.41, 5.74) is 2.74. The fourth-order valence-electron chi connectivity index (χ4n) is 3.50. The molecule has 0 aliphatic carbocycles. The second kappa shape index (κ2) is 5.96. The van der Waals surface area contributed by atoms with E-state index in [1.165, 1.54) is 11.1 Å². The molecule has 3 rings (SSSR count). The van der Waals surface area contributed by atoms with Crippen molar-refractivity contribution in [1.82, 2.24) is 10.2 Å². The van der Waals surface area contributed by atoms with Gasteiger partial charge in [0, 0.05) is 19.1 Å². The largest absolute Gasteiger partial charge is 0.338 e. The molecule has 2 aliphatic heterocycles. The van der Waals surface area contributed by atoms with Crippen molar-refractivity contribution in [3.8, 4) is 0 Å².